The zero-order valence-corrected chi connectivity index (χ0v) is 7.72. The predicted octanol–water partition coefficient (Wildman–Crippen LogP) is 0.343. The van der Waals surface area contributed by atoms with Gasteiger partial charge in [0.15, 0.2) is 0 Å². The highest BCUT2D eigenvalue weighted by Gasteiger charge is 2.31. The van der Waals surface area contributed by atoms with E-state index in [1.165, 1.54) is 0 Å². The molecule has 0 radical (unpaired) electrons. The fourth-order valence-corrected chi connectivity index (χ4v) is 1.37. The van der Waals surface area contributed by atoms with Crippen LogP contribution in [0.5, 0.6) is 0 Å². The average Bonchev–Trinajstić information content (AvgIpc) is 2.36. The maximum atomic E-state index is 10.9. The van der Waals surface area contributed by atoms with Crippen LogP contribution in [0.25, 0.3) is 0 Å². The molecule has 7 heteroatoms. The van der Waals surface area contributed by atoms with Gasteiger partial charge in [0.1, 0.15) is 0 Å². The number of imide groups is 1. The highest BCUT2D eigenvalue weighted by Crippen LogP contribution is 2.16. The molecular formula is C6H8N2O4S. The summed E-state index contributed by atoms with van der Waals surface area (Å²) in [5, 5.41) is 0.168. The van der Waals surface area contributed by atoms with Crippen molar-refractivity contribution in [3.8, 4) is 0 Å². The third kappa shape index (κ3) is 2.35. The van der Waals surface area contributed by atoms with Gasteiger partial charge in [0.2, 0.25) is 0 Å². The van der Waals surface area contributed by atoms with Crippen molar-refractivity contribution in [2.75, 3.05) is 12.4 Å². The van der Waals surface area contributed by atoms with Crippen molar-refractivity contribution in [3.05, 3.63) is 0 Å². The molecule has 6 nitrogen and oxygen atoms in total. The molecule has 1 heterocycles. The SMILES string of the molecule is CCOC(=O)NN1C(=O)CSC1=O. The average molecular weight is 204 g/mol. The molecule has 0 aliphatic carbocycles. The molecular weight excluding hydrogens is 196 g/mol. The number of carbonyl (C=O) groups excluding carboxylic acids is 3. The van der Waals surface area contributed by atoms with Crippen LogP contribution in [0.3, 0.4) is 0 Å². The van der Waals surface area contributed by atoms with Gasteiger partial charge < -0.3 is 4.74 Å². The van der Waals surface area contributed by atoms with Gasteiger partial charge in [0.25, 0.3) is 5.91 Å². The number of carbonyl (C=O) groups is 3. The third-order valence-corrected chi connectivity index (χ3v) is 2.05. The lowest BCUT2D eigenvalue weighted by Gasteiger charge is -2.12. The number of thioether (sulfide) groups is 1. The quantitative estimate of drug-likeness (QED) is 0.702. The Balaban J connectivity index is 2.48. The lowest BCUT2D eigenvalue weighted by molar-refractivity contribution is -0.126. The molecule has 1 rings (SSSR count). The van der Waals surface area contributed by atoms with Crippen LogP contribution < -0.4 is 5.43 Å². The summed E-state index contributed by atoms with van der Waals surface area (Å²) in [6, 6.07) is 0. The number of hydrogen-bond acceptors (Lipinski definition) is 5. The Morgan fingerprint density at radius 3 is 2.85 bits per heavy atom. The number of nitrogens with zero attached hydrogens (tertiary/aromatic N) is 1. The van der Waals surface area contributed by atoms with Crippen LogP contribution >= 0.6 is 11.8 Å². The van der Waals surface area contributed by atoms with Gasteiger partial charge in [-0.3, -0.25) is 9.59 Å². The molecule has 0 unspecified atom stereocenters. The van der Waals surface area contributed by atoms with E-state index in [-0.39, 0.29) is 12.4 Å². The Morgan fingerprint density at radius 1 is 1.69 bits per heavy atom. The van der Waals surface area contributed by atoms with E-state index in [0.717, 1.165) is 11.8 Å². The minimum Gasteiger partial charge on any atom is -0.449 e. The van der Waals surface area contributed by atoms with Crippen LogP contribution in [0.15, 0.2) is 0 Å². The number of hydrogen-bond donors (Lipinski definition) is 1. The van der Waals surface area contributed by atoms with E-state index >= 15 is 0 Å². The van der Waals surface area contributed by atoms with Crippen molar-refractivity contribution in [2.45, 2.75) is 6.92 Å². The third-order valence-electron chi connectivity index (χ3n) is 1.23. The molecule has 0 aromatic carbocycles. The van der Waals surface area contributed by atoms with Crippen molar-refractivity contribution in [2.24, 2.45) is 0 Å². The van der Waals surface area contributed by atoms with Crippen molar-refractivity contribution in [1.82, 2.24) is 10.4 Å². The number of hydrazine groups is 1. The van der Waals surface area contributed by atoms with E-state index in [1.807, 2.05) is 5.43 Å². The van der Waals surface area contributed by atoms with E-state index in [0.29, 0.717) is 5.01 Å². The molecule has 72 valence electrons. The fraction of sp³-hybridized carbons (Fsp3) is 0.500. The molecule has 0 bridgehead atoms. The van der Waals surface area contributed by atoms with E-state index < -0.39 is 17.2 Å². The molecule has 1 N–H and O–H groups in total. The van der Waals surface area contributed by atoms with Gasteiger partial charge in [-0.25, -0.2) is 10.2 Å². The molecule has 0 aromatic heterocycles. The molecule has 1 saturated heterocycles. The summed E-state index contributed by atoms with van der Waals surface area (Å²) in [5.41, 5.74) is 2.03. The monoisotopic (exact) mass is 204 g/mol. The van der Waals surface area contributed by atoms with E-state index in [9.17, 15) is 14.4 Å². The molecule has 13 heavy (non-hydrogen) atoms. The van der Waals surface area contributed by atoms with Crippen LogP contribution in [0, 0.1) is 0 Å². The van der Waals surface area contributed by atoms with Gasteiger partial charge in [-0.2, -0.15) is 5.01 Å². The first-order valence-corrected chi connectivity index (χ1v) is 4.57. The van der Waals surface area contributed by atoms with Crippen LogP contribution in [0.1, 0.15) is 6.92 Å². The highest BCUT2D eigenvalue weighted by atomic mass is 32.2. The number of amides is 3. The summed E-state index contributed by atoms with van der Waals surface area (Å²) in [6.07, 6.45) is -0.799. The Labute approximate surface area is 78.6 Å². The van der Waals surface area contributed by atoms with Crippen molar-refractivity contribution < 1.29 is 19.1 Å². The van der Waals surface area contributed by atoms with Crippen LogP contribution in [0.4, 0.5) is 9.59 Å². The zero-order chi connectivity index (χ0) is 9.84. The summed E-state index contributed by atoms with van der Waals surface area (Å²) >= 11 is 0.841. The Morgan fingerprint density at radius 2 is 2.38 bits per heavy atom. The predicted molar refractivity (Wildman–Crippen MR) is 44.9 cm³/mol. The minimum absolute atomic E-state index is 0.0608. The highest BCUT2D eigenvalue weighted by molar-refractivity contribution is 8.14. The number of ether oxygens (including phenoxy) is 1. The molecule has 0 atom stereocenters. The van der Waals surface area contributed by atoms with Crippen LogP contribution in [-0.4, -0.2) is 34.6 Å². The number of nitrogens with one attached hydrogen (secondary N) is 1. The van der Waals surface area contributed by atoms with E-state index in [1.54, 1.807) is 6.92 Å². The van der Waals surface area contributed by atoms with Crippen molar-refractivity contribution in [1.29, 1.82) is 0 Å². The second kappa shape index (κ2) is 4.13. The summed E-state index contributed by atoms with van der Waals surface area (Å²) in [5.74, 6) is -0.381. The van der Waals surface area contributed by atoms with Gasteiger partial charge in [-0.1, -0.05) is 11.8 Å². The Kier molecular flexibility index (Phi) is 3.13. The van der Waals surface area contributed by atoms with Crippen molar-refractivity contribution in [3.63, 3.8) is 0 Å². The smallest absolute Gasteiger partial charge is 0.426 e. The fourth-order valence-electron chi connectivity index (χ4n) is 0.717. The lowest BCUT2D eigenvalue weighted by Crippen LogP contribution is -2.45. The maximum Gasteiger partial charge on any atom is 0.426 e. The first-order valence-electron chi connectivity index (χ1n) is 3.58. The first kappa shape index (κ1) is 9.85. The molecule has 1 aliphatic heterocycles. The lowest BCUT2D eigenvalue weighted by atomic mass is 10.7. The number of rotatable bonds is 2. The van der Waals surface area contributed by atoms with Crippen molar-refractivity contribution >= 4 is 29.0 Å². The van der Waals surface area contributed by atoms with Gasteiger partial charge >= 0.3 is 11.3 Å². The minimum atomic E-state index is -0.799. The molecule has 3 amide bonds. The molecule has 0 aromatic rings. The van der Waals surface area contributed by atoms with Gasteiger partial charge in [0, 0.05) is 0 Å². The topological polar surface area (TPSA) is 75.7 Å². The first-order chi connectivity index (χ1) is 6.15. The largest absolute Gasteiger partial charge is 0.449 e. The van der Waals surface area contributed by atoms with E-state index in [4.69, 9.17) is 0 Å². The standard InChI is InChI=1S/C6H8N2O4S/c1-2-12-5(10)7-8-4(9)3-13-6(8)11/h2-3H2,1H3,(H,7,10). The molecule has 1 aliphatic rings. The molecule has 0 spiro atoms. The molecule has 0 saturated carbocycles. The van der Waals surface area contributed by atoms with Gasteiger partial charge in [-0.15, -0.1) is 0 Å². The van der Waals surface area contributed by atoms with Crippen LogP contribution in [-0.2, 0) is 9.53 Å². The second-order valence-electron chi connectivity index (χ2n) is 2.12. The Hall–Kier alpha value is -1.24. The van der Waals surface area contributed by atoms with Gasteiger partial charge in [-0.05, 0) is 6.92 Å². The maximum absolute atomic E-state index is 10.9. The Bertz CT molecular complexity index is 239. The second-order valence-corrected chi connectivity index (χ2v) is 3.04. The molecule has 1 fully saturated rings. The summed E-state index contributed by atoms with van der Waals surface area (Å²) in [6.45, 7) is 1.82. The normalized spacial score (nSPS) is 16.2. The zero-order valence-electron chi connectivity index (χ0n) is 6.90. The summed E-state index contributed by atoms with van der Waals surface area (Å²) < 4.78 is 4.50. The summed E-state index contributed by atoms with van der Waals surface area (Å²) in [7, 11) is 0. The van der Waals surface area contributed by atoms with E-state index in [2.05, 4.69) is 4.74 Å². The van der Waals surface area contributed by atoms with Crippen LogP contribution in [0.2, 0.25) is 0 Å². The van der Waals surface area contributed by atoms with Gasteiger partial charge in [0.05, 0.1) is 12.4 Å². The summed E-state index contributed by atoms with van der Waals surface area (Å²) in [4.78, 5) is 32.7.